The molecule has 1 saturated heterocycles. The summed E-state index contributed by atoms with van der Waals surface area (Å²) in [4.78, 5) is 32.6. The summed E-state index contributed by atoms with van der Waals surface area (Å²) >= 11 is 0. The van der Waals surface area contributed by atoms with Crippen molar-refractivity contribution in [1.82, 2.24) is 20.5 Å². The van der Waals surface area contributed by atoms with Crippen molar-refractivity contribution in [2.45, 2.75) is 71.6 Å². The lowest BCUT2D eigenvalue weighted by Crippen LogP contribution is -2.57. The van der Waals surface area contributed by atoms with Gasteiger partial charge in [0.15, 0.2) is 0 Å². The number of likely N-dealkylation sites (tertiary alicyclic amines) is 1. The molecule has 186 valence electrons. The molecule has 1 fully saturated rings. The number of nitrogens with one attached hydrogen (secondary N) is 2. The van der Waals surface area contributed by atoms with Crippen LogP contribution in [0.3, 0.4) is 0 Å². The predicted molar refractivity (Wildman–Crippen MR) is 136 cm³/mol. The standard InChI is InChI=1S/C27H40N4O3/c1-18(2)8-7-12-31-13-11-22(25(32)17-31)29-27(34)24(14-19(3)4)30-26(33)23-15-20-9-5-6-10-21(20)16-28-23/h5-6,9-10,15-16,18-19,22,24-25,32H,7-8,11-14,17H2,1-4H3,(H,29,34)(H,30,33)/t22?,24-,25?/m0/s1. The molecule has 3 atom stereocenters. The topological polar surface area (TPSA) is 94.6 Å². The summed E-state index contributed by atoms with van der Waals surface area (Å²) in [7, 11) is 0. The fourth-order valence-electron chi connectivity index (χ4n) is 4.52. The molecule has 7 heteroatoms. The van der Waals surface area contributed by atoms with Crippen LogP contribution in [0.2, 0.25) is 0 Å². The molecule has 0 saturated carbocycles. The SMILES string of the molecule is CC(C)CCCN1CCC(NC(=O)[C@H](CC(C)C)NC(=O)c2cc3ccccc3cn2)C(O)C1. The van der Waals surface area contributed by atoms with E-state index in [1.807, 2.05) is 38.1 Å². The lowest BCUT2D eigenvalue weighted by atomic mass is 9.98. The highest BCUT2D eigenvalue weighted by molar-refractivity contribution is 5.98. The van der Waals surface area contributed by atoms with Crippen LogP contribution >= 0.6 is 0 Å². The van der Waals surface area contributed by atoms with Gasteiger partial charge >= 0.3 is 0 Å². The van der Waals surface area contributed by atoms with Crippen molar-refractivity contribution in [3.63, 3.8) is 0 Å². The number of nitrogens with zero attached hydrogens (tertiary/aromatic N) is 2. The number of hydrogen-bond donors (Lipinski definition) is 3. The molecule has 7 nitrogen and oxygen atoms in total. The Balaban J connectivity index is 1.59. The van der Waals surface area contributed by atoms with E-state index in [1.54, 1.807) is 12.3 Å². The maximum Gasteiger partial charge on any atom is 0.270 e. The summed E-state index contributed by atoms with van der Waals surface area (Å²) in [5, 5.41) is 18.4. The number of fused-ring (bicyclic) bond motifs is 1. The monoisotopic (exact) mass is 468 g/mol. The Hall–Kier alpha value is -2.51. The van der Waals surface area contributed by atoms with Crippen molar-refractivity contribution < 1.29 is 14.7 Å². The number of rotatable bonds is 10. The van der Waals surface area contributed by atoms with Crippen molar-refractivity contribution in [3.8, 4) is 0 Å². The van der Waals surface area contributed by atoms with E-state index < -0.39 is 12.1 Å². The van der Waals surface area contributed by atoms with Crippen LogP contribution in [0.15, 0.2) is 36.5 Å². The lowest BCUT2D eigenvalue weighted by Gasteiger charge is -2.37. The highest BCUT2D eigenvalue weighted by atomic mass is 16.3. The number of carbonyl (C=O) groups excluding carboxylic acids is 2. The quantitative estimate of drug-likeness (QED) is 0.497. The summed E-state index contributed by atoms with van der Waals surface area (Å²) < 4.78 is 0. The predicted octanol–water partition coefficient (Wildman–Crippen LogP) is 3.37. The zero-order chi connectivity index (χ0) is 24.7. The molecular weight excluding hydrogens is 428 g/mol. The van der Waals surface area contributed by atoms with Crippen molar-refractivity contribution in [2.75, 3.05) is 19.6 Å². The van der Waals surface area contributed by atoms with Crippen LogP contribution in [-0.4, -0.2) is 64.6 Å². The third-order valence-corrected chi connectivity index (χ3v) is 6.44. The Morgan fingerprint density at radius 3 is 2.56 bits per heavy atom. The maximum atomic E-state index is 13.1. The highest BCUT2D eigenvalue weighted by Crippen LogP contribution is 2.16. The average Bonchev–Trinajstić information content (AvgIpc) is 2.79. The summed E-state index contributed by atoms with van der Waals surface area (Å²) in [6.45, 7) is 10.9. The molecule has 0 bridgehead atoms. The van der Waals surface area contributed by atoms with E-state index >= 15 is 0 Å². The number of aliphatic hydroxyl groups excluding tert-OH is 1. The van der Waals surface area contributed by atoms with E-state index in [-0.39, 0.29) is 29.5 Å². The summed E-state index contributed by atoms with van der Waals surface area (Å²) in [6, 6.07) is 8.48. The van der Waals surface area contributed by atoms with Gasteiger partial charge in [0.2, 0.25) is 5.91 Å². The normalized spacial score (nSPS) is 20.0. The minimum absolute atomic E-state index is 0.216. The van der Waals surface area contributed by atoms with Gasteiger partial charge in [-0.25, -0.2) is 0 Å². The third kappa shape index (κ3) is 7.50. The van der Waals surface area contributed by atoms with Crippen LogP contribution in [0.25, 0.3) is 10.8 Å². The van der Waals surface area contributed by atoms with Crippen LogP contribution in [0.4, 0.5) is 0 Å². The van der Waals surface area contributed by atoms with E-state index in [2.05, 4.69) is 34.4 Å². The zero-order valence-corrected chi connectivity index (χ0v) is 21.0. The van der Waals surface area contributed by atoms with Crippen LogP contribution < -0.4 is 10.6 Å². The Morgan fingerprint density at radius 1 is 1.15 bits per heavy atom. The lowest BCUT2D eigenvalue weighted by molar-refractivity contribution is -0.125. The average molecular weight is 469 g/mol. The smallest absolute Gasteiger partial charge is 0.270 e. The number of piperidine rings is 1. The van der Waals surface area contributed by atoms with Gasteiger partial charge in [0, 0.05) is 24.7 Å². The maximum absolute atomic E-state index is 13.1. The highest BCUT2D eigenvalue weighted by Gasteiger charge is 2.31. The first-order valence-electron chi connectivity index (χ1n) is 12.6. The molecule has 2 amide bonds. The molecule has 0 aliphatic carbocycles. The fourth-order valence-corrected chi connectivity index (χ4v) is 4.52. The van der Waals surface area contributed by atoms with Gasteiger partial charge in [-0.15, -0.1) is 0 Å². The molecule has 3 N–H and O–H groups in total. The van der Waals surface area contributed by atoms with Crippen LogP contribution in [0.5, 0.6) is 0 Å². The molecule has 1 aromatic heterocycles. The molecule has 2 heterocycles. The third-order valence-electron chi connectivity index (χ3n) is 6.44. The minimum atomic E-state index is -0.683. The van der Waals surface area contributed by atoms with E-state index in [0.29, 0.717) is 25.3 Å². The Labute approximate surface area is 203 Å². The number of benzene rings is 1. The molecule has 1 aliphatic rings. The first-order chi connectivity index (χ1) is 16.2. The van der Waals surface area contributed by atoms with Gasteiger partial charge in [0.05, 0.1) is 12.1 Å². The molecular formula is C27H40N4O3. The number of β-amino-alcohol motifs (C(OH)–C–C–N with tert-alkyl or cyclic N) is 1. The Kier molecular flexibility index (Phi) is 9.42. The zero-order valence-electron chi connectivity index (χ0n) is 21.0. The molecule has 2 unspecified atom stereocenters. The first-order valence-corrected chi connectivity index (χ1v) is 12.6. The number of aliphatic hydroxyl groups is 1. The molecule has 3 rings (SSSR count). The van der Waals surface area contributed by atoms with E-state index in [1.165, 1.54) is 6.42 Å². The molecule has 0 radical (unpaired) electrons. The summed E-state index contributed by atoms with van der Waals surface area (Å²) in [5.74, 6) is 0.278. The fraction of sp³-hybridized carbons (Fsp3) is 0.593. The molecule has 1 aromatic carbocycles. The Morgan fingerprint density at radius 2 is 1.88 bits per heavy atom. The number of aromatic nitrogens is 1. The molecule has 1 aliphatic heterocycles. The second-order valence-corrected chi connectivity index (χ2v) is 10.4. The van der Waals surface area contributed by atoms with E-state index in [4.69, 9.17) is 0 Å². The van der Waals surface area contributed by atoms with Gasteiger partial charge in [-0.3, -0.25) is 14.6 Å². The van der Waals surface area contributed by atoms with Crippen molar-refractivity contribution >= 4 is 22.6 Å². The first kappa shape index (κ1) is 26.1. The molecule has 34 heavy (non-hydrogen) atoms. The van der Waals surface area contributed by atoms with E-state index in [9.17, 15) is 14.7 Å². The molecule has 2 aromatic rings. The van der Waals surface area contributed by atoms with Gasteiger partial charge in [0.1, 0.15) is 11.7 Å². The largest absolute Gasteiger partial charge is 0.390 e. The van der Waals surface area contributed by atoms with Gasteiger partial charge in [-0.1, -0.05) is 52.0 Å². The molecule has 0 spiro atoms. The number of pyridine rings is 1. The van der Waals surface area contributed by atoms with E-state index in [0.717, 1.165) is 30.3 Å². The Bertz CT molecular complexity index is 962. The summed E-state index contributed by atoms with van der Waals surface area (Å²) in [6.07, 6.45) is 4.56. The number of amides is 2. The van der Waals surface area contributed by atoms with Crippen molar-refractivity contribution in [2.24, 2.45) is 11.8 Å². The van der Waals surface area contributed by atoms with Crippen LogP contribution in [-0.2, 0) is 4.79 Å². The number of carbonyl (C=O) groups is 2. The van der Waals surface area contributed by atoms with Crippen LogP contribution in [0, 0.1) is 11.8 Å². The van der Waals surface area contributed by atoms with Gasteiger partial charge < -0.3 is 20.6 Å². The second-order valence-electron chi connectivity index (χ2n) is 10.4. The summed E-state index contributed by atoms with van der Waals surface area (Å²) in [5.41, 5.74) is 0.287. The van der Waals surface area contributed by atoms with Gasteiger partial charge in [-0.2, -0.15) is 0 Å². The van der Waals surface area contributed by atoms with Crippen LogP contribution in [0.1, 0.15) is 63.9 Å². The van der Waals surface area contributed by atoms with Gasteiger partial charge in [-0.05, 0) is 55.5 Å². The minimum Gasteiger partial charge on any atom is -0.390 e. The van der Waals surface area contributed by atoms with Gasteiger partial charge in [0.25, 0.3) is 5.91 Å². The van der Waals surface area contributed by atoms with Crippen molar-refractivity contribution in [1.29, 1.82) is 0 Å². The number of hydrogen-bond acceptors (Lipinski definition) is 5. The second kappa shape index (κ2) is 12.3. The van der Waals surface area contributed by atoms with Crippen molar-refractivity contribution in [3.05, 3.63) is 42.2 Å².